The van der Waals surface area contributed by atoms with Crippen molar-refractivity contribution in [3.05, 3.63) is 53.6 Å². The van der Waals surface area contributed by atoms with E-state index in [0.717, 1.165) is 11.4 Å². The van der Waals surface area contributed by atoms with Gasteiger partial charge in [0.1, 0.15) is 5.82 Å². The molecule has 0 fully saturated rings. The Morgan fingerprint density at radius 3 is 2.33 bits per heavy atom. The summed E-state index contributed by atoms with van der Waals surface area (Å²) in [6.45, 7) is 1.05. The lowest BCUT2D eigenvalue weighted by Crippen LogP contribution is -2.31. The monoisotopic (exact) mass is 294 g/mol. The standard InChI is InChI=1S/C15H20F2N4/c1-20-8-7-19-14(20)10-21(2)13(9-18)11-3-5-12(6-4-11)15(16)17/h3-8,13,15H,9-10,18H2,1-2H3. The molecule has 1 heterocycles. The lowest BCUT2D eigenvalue weighted by Gasteiger charge is -2.27. The van der Waals surface area contributed by atoms with Crippen LogP contribution >= 0.6 is 0 Å². The molecule has 21 heavy (non-hydrogen) atoms. The number of rotatable bonds is 6. The number of nitrogens with zero attached hydrogens (tertiary/aromatic N) is 3. The molecule has 1 atom stereocenters. The molecule has 114 valence electrons. The van der Waals surface area contributed by atoms with Gasteiger partial charge in [-0.3, -0.25) is 4.90 Å². The third kappa shape index (κ3) is 3.65. The van der Waals surface area contributed by atoms with Crippen molar-refractivity contribution >= 4 is 0 Å². The zero-order valence-electron chi connectivity index (χ0n) is 12.2. The van der Waals surface area contributed by atoms with Gasteiger partial charge in [0.15, 0.2) is 0 Å². The van der Waals surface area contributed by atoms with E-state index in [1.807, 2.05) is 24.9 Å². The van der Waals surface area contributed by atoms with Gasteiger partial charge in [0.25, 0.3) is 6.43 Å². The third-order valence-corrected chi connectivity index (χ3v) is 3.64. The third-order valence-electron chi connectivity index (χ3n) is 3.64. The van der Waals surface area contributed by atoms with E-state index in [2.05, 4.69) is 9.88 Å². The maximum absolute atomic E-state index is 12.6. The Hall–Kier alpha value is -1.79. The van der Waals surface area contributed by atoms with Crippen LogP contribution in [0.25, 0.3) is 0 Å². The van der Waals surface area contributed by atoms with Crippen LogP contribution in [0.5, 0.6) is 0 Å². The van der Waals surface area contributed by atoms with Crippen LogP contribution in [0.3, 0.4) is 0 Å². The van der Waals surface area contributed by atoms with E-state index < -0.39 is 6.43 Å². The molecule has 2 aromatic rings. The Morgan fingerprint density at radius 2 is 1.86 bits per heavy atom. The second-order valence-corrected chi connectivity index (χ2v) is 5.09. The molecule has 0 saturated carbocycles. The summed E-state index contributed by atoms with van der Waals surface area (Å²) in [6, 6.07) is 6.31. The van der Waals surface area contributed by atoms with Crippen molar-refractivity contribution in [2.24, 2.45) is 12.8 Å². The molecular formula is C15H20F2N4. The molecule has 0 radical (unpaired) electrons. The topological polar surface area (TPSA) is 47.1 Å². The molecule has 0 amide bonds. The van der Waals surface area contributed by atoms with Crippen LogP contribution in [0.1, 0.15) is 29.4 Å². The van der Waals surface area contributed by atoms with Crippen LogP contribution in [0, 0.1) is 0 Å². The molecule has 2 N–H and O–H groups in total. The van der Waals surface area contributed by atoms with Gasteiger partial charge < -0.3 is 10.3 Å². The summed E-state index contributed by atoms with van der Waals surface area (Å²) < 4.78 is 27.1. The number of alkyl halides is 2. The second kappa shape index (κ2) is 6.78. The van der Waals surface area contributed by atoms with E-state index in [-0.39, 0.29) is 11.6 Å². The van der Waals surface area contributed by atoms with E-state index in [4.69, 9.17) is 5.73 Å². The summed E-state index contributed by atoms with van der Waals surface area (Å²) in [7, 11) is 3.89. The maximum atomic E-state index is 12.6. The lowest BCUT2D eigenvalue weighted by molar-refractivity contribution is 0.151. The molecule has 0 bridgehead atoms. The van der Waals surface area contributed by atoms with Crippen molar-refractivity contribution in [3.63, 3.8) is 0 Å². The number of hydrogen-bond donors (Lipinski definition) is 1. The molecule has 2 rings (SSSR count). The number of hydrogen-bond acceptors (Lipinski definition) is 3. The summed E-state index contributed by atoms with van der Waals surface area (Å²) >= 11 is 0. The van der Waals surface area contributed by atoms with Crippen molar-refractivity contribution in [2.45, 2.75) is 19.0 Å². The Balaban J connectivity index is 2.13. The maximum Gasteiger partial charge on any atom is 0.263 e. The van der Waals surface area contributed by atoms with Crippen LogP contribution < -0.4 is 5.73 Å². The Labute approximate surface area is 123 Å². The summed E-state index contributed by atoms with van der Waals surface area (Å²) in [5.74, 6) is 0.931. The van der Waals surface area contributed by atoms with Crippen LogP contribution in [-0.2, 0) is 13.6 Å². The fourth-order valence-electron chi connectivity index (χ4n) is 2.32. The molecule has 4 nitrogen and oxygen atoms in total. The average molecular weight is 294 g/mol. The van der Waals surface area contributed by atoms with E-state index in [9.17, 15) is 8.78 Å². The molecule has 6 heteroatoms. The number of halogens is 2. The lowest BCUT2D eigenvalue weighted by atomic mass is 10.0. The molecule has 0 spiro atoms. The van der Waals surface area contributed by atoms with E-state index >= 15 is 0 Å². The van der Waals surface area contributed by atoms with Gasteiger partial charge in [-0.2, -0.15) is 0 Å². The Bertz CT molecular complexity index is 565. The van der Waals surface area contributed by atoms with Gasteiger partial charge in [-0.25, -0.2) is 13.8 Å². The van der Waals surface area contributed by atoms with E-state index in [0.29, 0.717) is 13.1 Å². The van der Waals surface area contributed by atoms with Gasteiger partial charge in [-0.1, -0.05) is 24.3 Å². The van der Waals surface area contributed by atoms with Crippen LogP contribution in [0.2, 0.25) is 0 Å². The summed E-state index contributed by atoms with van der Waals surface area (Å²) in [5.41, 5.74) is 6.81. The highest BCUT2D eigenvalue weighted by molar-refractivity contribution is 5.26. The molecule has 0 aliphatic rings. The zero-order valence-corrected chi connectivity index (χ0v) is 12.2. The number of imidazole rings is 1. The minimum absolute atomic E-state index is 0.0290. The number of aryl methyl sites for hydroxylation is 1. The van der Waals surface area contributed by atoms with Crippen LogP contribution in [0.4, 0.5) is 8.78 Å². The predicted molar refractivity (Wildman–Crippen MR) is 77.9 cm³/mol. The van der Waals surface area contributed by atoms with Gasteiger partial charge >= 0.3 is 0 Å². The molecule has 0 aliphatic carbocycles. The molecule has 0 aliphatic heterocycles. The van der Waals surface area contributed by atoms with Crippen molar-refractivity contribution in [2.75, 3.05) is 13.6 Å². The van der Waals surface area contributed by atoms with E-state index in [1.165, 1.54) is 12.1 Å². The number of benzene rings is 1. The predicted octanol–water partition coefficient (Wildman–Crippen LogP) is 2.49. The van der Waals surface area contributed by atoms with Crippen molar-refractivity contribution in [1.29, 1.82) is 0 Å². The quantitative estimate of drug-likeness (QED) is 0.890. The normalized spacial score (nSPS) is 13.1. The van der Waals surface area contributed by atoms with Crippen LogP contribution in [-0.4, -0.2) is 28.0 Å². The Morgan fingerprint density at radius 1 is 1.24 bits per heavy atom. The number of likely N-dealkylation sites (N-methyl/N-ethyl adjacent to an activating group) is 1. The first-order valence-electron chi connectivity index (χ1n) is 6.77. The molecule has 0 saturated heterocycles. The van der Waals surface area contributed by atoms with Gasteiger partial charge in [0.05, 0.1) is 6.54 Å². The van der Waals surface area contributed by atoms with Gasteiger partial charge in [0.2, 0.25) is 0 Å². The molecular weight excluding hydrogens is 274 g/mol. The Kier molecular flexibility index (Phi) is 5.03. The SMILES string of the molecule is CN(Cc1nccn1C)C(CN)c1ccc(C(F)F)cc1. The van der Waals surface area contributed by atoms with Gasteiger partial charge in [0, 0.05) is 37.6 Å². The summed E-state index contributed by atoms with van der Waals surface area (Å²) in [5, 5.41) is 0. The second-order valence-electron chi connectivity index (χ2n) is 5.09. The number of aromatic nitrogens is 2. The number of nitrogens with two attached hydrogens (primary N) is 1. The first kappa shape index (κ1) is 15.6. The first-order valence-corrected chi connectivity index (χ1v) is 6.77. The van der Waals surface area contributed by atoms with Gasteiger partial charge in [-0.05, 0) is 12.6 Å². The largest absolute Gasteiger partial charge is 0.337 e. The van der Waals surface area contributed by atoms with Crippen LogP contribution in [0.15, 0.2) is 36.7 Å². The molecule has 1 unspecified atom stereocenters. The highest BCUT2D eigenvalue weighted by Crippen LogP contribution is 2.24. The van der Waals surface area contributed by atoms with Crippen molar-refractivity contribution in [3.8, 4) is 0 Å². The fourth-order valence-corrected chi connectivity index (χ4v) is 2.32. The summed E-state index contributed by atoms with van der Waals surface area (Å²) in [4.78, 5) is 6.35. The van der Waals surface area contributed by atoms with Crippen molar-refractivity contribution in [1.82, 2.24) is 14.5 Å². The zero-order chi connectivity index (χ0) is 15.4. The average Bonchev–Trinajstić information content (AvgIpc) is 2.85. The van der Waals surface area contributed by atoms with Gasteiger partial charge in [-0.15, -0.1) is 0 Å². The fraction of sp³-hybridized carbons (Fsp3) is 0.400. The van der Waals surface area contributed by atoms with E-state index in [1.54, 1.807) is 18.3 Å². The highest BCUT2D eigenvalue weighted by atomic mass is 19.3. The molecule has 1 aromatic carbocycles. The first-order chi connectivity index (χ1) is 10.0. The molecule has 1 aromatic heterocycles. The smallest absolute Gasteiger partial charge is 0.263 e. The minimum Gasteiger partial charge on any atom is -0.337 e. The minimum atomic E-state index is -2.44. The summed E-state index contributed by atoms with van der Waals surface area (Å²) in [6.07, 6.45) is 1.19. The highest BCUT2D eigenvalue weighted by Gasteiger charge is 2.18. The van der Waals surface area contributed by atoms with Crippen molar-refractivity contribution < 1.29 is 8.78 Å².